The maximum absolute atomic E-state index is 12.4. The third kappa shape index (κ3) is 6.91. The molecule has 0 aromatic carbocycles. The van der Waals surface area contributed by atoms with Crippen molar-refractivity contribution in [2.45, 2.75) is 46.3 Å². The number of ether oxygens (including phenoxy) is 1. The number of carbonyl (C=O) groups excluding carboxylic acids is 3. The fourth-order valence-electron chi connectivity index (χ4n) is 1.91. The molecule has 0 radical (unpaired) electrons. The summed E-state index contributed by atoms with van der Waals surface area (Å²) < 4.78 is 6.08. The monoisotopic (exact) mass is 413 g/mol. The molecule has 1 rings (SSSR count). The summed E-state index contributed by atoms with van der Waals surface area (Å²) >= 11 is 3.25. The molecule has 25 heavy (non-hydrogen) atoms. The van der Waals surface area contributed by atoms with Gasteiger partial charge in [-0.05, 0) is 54.8 Å². The minimum absolute atomic E-state index is 0.154. The van der Waals surface area contributed by atoms with Gasteiger partial charge in [0.2, 0.25) is 0 Å². The summed E-state index contributed by atoms with van der Waals surface area (Å²) in [6.45, 7) is 8.60. The Morgan fingerprint density at radius 1 is 1.36 bits per heavy atom. The molecule has 0 aliphatic heterocycles. The first-order chi connectivity index (χ1) is 11.5. The highest BCUT2D eigenvalue weighted by molar-refractivity contribution is 9.10. The molecule has 0 aliphatic rings. The fraction of sp³-hybridized carbons (Fsp3) is 0.529. The SMILES string of the molecule is CC(C)[C@@H](C=O)N(NCC(=O)c1ccc(Br)cn1)C(=O)OC(C)(C)C. The van der Waals surface area contributed by atoms with E-state index in [-0.39, 0.29) is 23.9 Å². The quantitative estimate of drug-likeness (QED) is 0.419. The number of pyridine rings is 1. The lowest BCUT2D eigenvalue weighted by Crippen LogP contribution is -2.55. The van der Waals surface area contributed by atoms with Crippen molar-refractivity contribution in [2.24, 2.45) is 5.92 Å². The number of Topliss-reactive ketones (excluding diaryl/α,β-unsaturated/α-hetero) is 1. The highest BCUT2D eigenvalue weighted by Gasteiger charge is 2.30. The Hall–Kier alpha value is -1.80. The Bertz CT molecular complexity index is 611. The molecule has 1 atom stereocenters. The first kappa shape index (κ1) is 21.2. The van der Waals surface area contributed by atoms with Crippen molar-refractivity contribution in [2.75, 3.05) is 6.54 Å². The maximum atomic E-state index is 12.4. The van der Waals surface area contributed by atoms with Gasteiger partial charge in [-0.1, -0.05) is 13.8 Å². The number of hydrazine groups is 1. The van der Waals surface area contributed by atoms with Crippen LogP contribution in [0.2, 0.25) is 0 Å². The first-order valence-electron chi connectivity index (χ1n) is 7.91. The van der Waals surface area contributed by atoms with Crippen LogP contribution in [0.5, 0.6) is 0 Å². The van der Waals surface area contributed by atoms with Crippen LogP contribution in [-0.4, -0.2) is 46.3 Å². The summed E-state index contributed by atoms with van der Waals surface area (Å²) in [5.41, 5.74) is 2.25. The molecular formula is C17H24BrN3O4. The molecular weight excluding hydrogens is 390 g/mol. The molecule has 0 saturated heterocycles. The van der Waals surface area contributed by atoms with E-state index in [9.17, 15) is 14.4 Å². The van der Waals surface area contributed by atoms with Crippen LogP contribution in [-0.2, 0) is 9.53 Å². The lowest BCUT2D eigenvalue weighted by Gasteiger charge is -2.32. The first-order valence-corrected chi connectivity index (χ1v) is 8.70. The third-order valence-electron chi connectivity index (χ3n) is 3.13. The van der Waals surface area contributed by atoms with E-state index in [2.05, 4.69) is 26.3 Å². The van der Waals surface area contributed by atoms with Gasteiger partial charge in [-0.25, -0.2) is 15.2 Å². The van der Waals surface area contributed by atoms with Crippen LogP contribution in [0.15, 0.2) is 22.8 Å². The van der Waals surface area contributed by atoms with Crippen LogP contribution in [0, 0.1) is 5.92 Å². The number of nitrogens with one attached hydrogen (secondary N) is 1. The second-order valence-corrected chi connectivity index (χ2v) is 7.76. The van der Waals surface area contributed by atoms with Crippen molar-refractivity contribution in [3.63, 3.8) is 0 Å². The fourth-order valence-corrected chi connectivity index (χ4v) is 2.14. The van der Waals surface area contributed by atoms with E-state index < -0.39 is 17.7 Å². The van der Waals surface area contributed by atoms with E-state index in [1.165, 1.54) is 6.20 Å². The van der Waals surface area contributed by atoms with Crippen molar-refractivity contribution < 1.29 is 19.1 Å². The van der Waals surface area contributed by atoms with E-state index >= 15 is 0 Å². The molecule has 1 amide bonds. The van der Waals surface area contributed by atoms with Crippen molar-refractivity contribution >= 4 is 34.1 Å². The number of nitrogens with zero attached hydrogens (tertiary/aromatic N) is 2. The molecule has 138 valence electrons. The molecule has 1 aromatic rings. The second kappa shape index (κ2) is 9.05. The zero-order valence-electron chi connectivity index (χ0n) is 15.1. The number of halogens is 1. The highest BCUT2D eigenvalue weighted by atomic mass is 79.9. The normalized spacial score (nSPS) is 12.6. The molecule has 8 heteroatoms. The highest BCUT2D eigenvalue weighted by Crippen LogP contribution is 2.14. The minimum atomic E-state index is -0.763. The van der Waals surface area contributed by atoms with Crippen LogP contribution in [0.4, 0.5) is 4.79 Å². The van der Waals surface area contributed by atoms with Gasteiger partial charge in [0.25, 0.3) is 0 Å². The van der Waals surface area contributed by atoms with E-state index in [4.69, 9.17) is 4.74 Å². The topological polar surface area (TPSA) is 88.6 Å². The summed E-state index contributed by atoms with van der Waals surface area (Å²) in [6, 6.07) is 2.51. The Kier molecular flexibility index (Phi) is 7.69. The second-order valence-electron chi connectivity index (χ2n) is 6.84. The van der Waals surface area contributed by atoms with Gasteiger partial charge < -0.3 is 9.53 Å². The zero-order chi connectivity index (χ0) is 19.2. The summed E-state index contributed by atoms with van der Waals surface area (Å²) in [6.07, 6.45) is 1.46. The van der Waals surface area contributed by atoms with Crippen molar-refractivity contribution in [1.29, 1.82) is 0 Å². The molecule has 0 spiro atoms. The molecule has 0 unspecified atom stereocenters. The smallest absolute Gasteiger partial charge is 0.425 e. The molecule has 0 bridgehead atoms. The third-order valence-corrected chi connectivity index (χ3v) is 3.60. The summed E-state index contributed by atoms with van der Waals surface area (Å²) in [5.74, 6) is -0.465. The van der Waals surface area contributed by atoms with Gasteiger partial charge in [0.05, 0.1) is 6.54 Å². The predicted molar refractivity (Wildman–Crippen MR) is 97.0 cm³/mol. The molecule has 7 nitrogen and oxygen atoms in total. The van der Waals surface area contributed by atoms with Gasteiger partial charge in [0, 0.05) is 10.7 Å². The van der Waals surface area contributed by atoms with Crippen LogP contribution in [0.25, 0.3) is 0 Å². The number of carbonyl (C=O) groups is 3. The van der Waals surface area contributed by atoms with Crippen molar-refractivity contribution in [3.05, 3.63) is 28.5 Å². The Balaban J connectivity index is 2.88. The van der Waals surface area contributed by atoms with Crippen LogP contribution < -0.4 is 5.43 Å². The van der Waals surface area contributed by atoms with Crippen LogP contribution in [0.1, 0.15) is 45.1 Å². The average Bonchev–Trinajstić information content (AvgIpc) is 2.49. The number of ketones is 1. The Labute approximate surface area is 156 Å². The molecule has 1 N–H and O–H groups in total. The van der Waals surface area contributed by atoms with E-state index in [1.54, 1.807) is 46.8 Å². The Morgan fingerprint density at radius 2 is 2.00 bits per heavy atom. The number of hydrogen-bond donors (Lipinski definition) is 1. The standard InChI is InChI=1S/C17H24BrN3O4/c1-11(2)14(10-22)21(16(24)25-17(3,4)5)20-9-15(23)13-7-6-12(18)8-19-13/h6-8,10-11,14,20H,9H2,1-5H3/t14-/m1/s1. The molecule has 0 aliphatic carbocycles. The van der Waals surface area contributed by atoms with E-state index in [0.29, 0.717) is 6.29 Å². The summed E-state index contributed by atoms with van der Waals surface area (Å²) in [5, 5.41) is 1.07. The minimum Gasteiger partial charge on any atom is -0.443 e. The van der Waals surface area contributed by atoms with Crippen molar-refractivity contribution in [3.8, 4) is 0 Å². The van der Waals surface area contributed by atoms with E-state index in [0.717, 1.165) is 9.48 Å². The molecule has 0 saturated carbocycles. The number of aldehydes is 1. The molecule has 1 heterocycles. The lowest BCUT2D eigenvalue weighted by molar-refractivity contribution is -0.115. The number of hydrogen-bond acceptors (Lipinski definition) is 6. The van der Waals surface area contributed by atoms with Crippen LogP contribution in [0.3, 0.4) is 0 Å². The number of amides is 1. The molecule has 1 aromatic heterocycles. The predicted octanol–water partition coefficient (Wildman–Crippen LogP) is 2.99. The van der Waals surface area contributed by atoms with Gasteiger partial charge in [0.1, 0.15) is 23.6 Å². The largest absolute Gasteiger partial charge is 0.443 e. The van der Waals surface area contributed by atoms with Crippen LogP contribution >= 0.6 is 15.9 Å². The summed E-state index contributed by atoms with van der Waals surface area (Å²) in [4.78, 5) is 40.1. The van der Waals surface area contributed by atoms with Gasteiger partial charge in [-0.3, -0.25) is 9.78 Å². The maximum Gasteiger partial charge on any atom is 0.425 e. The number of rotatable bonds is 7. The van der Waals surface area contributed by atoms with Gasteiger partial charge >= 0.3 is 6.09 Å². The molecule has 0 fully saturated rings. The Morgan fingerprint density at radius 3 is 2.44 bits per heavy atom. The van der Waals surface area contributed by atoms with Gasteiger partial charge in [-0.2, -0.15) is 0 Å². The van der Waals surface area contributed by atoms with Gasteiger partial charge in [0.15, 0.2) is 5.78 Å². The van der Waals surface area contributed by atoms with E-state index in [1.807, 2.05) is 0 Å². The van der Waals surface area contributed by atoms with Gasteiger partial charge in [-0.15, -0.1) is 0 Å². The lowest BCUT2D eigenvalue weighted by atomic mass is 10.1. The van der Waals surface area contributed by atoms with Crippen molar-refractivity contribution in [1.82, 2.24) is 15.4 Å². The average molecular weight is 414 g/mol. The summed E-state index contributed by atoms with van der Waals surface area (Å²) in [7, 11) is 0. The zero-order valence-corrected chi connectivity index (χ0v) is 16.7. The number of aromatic nitrogens is 1.